The predicted molar refractivity (Wildman–Crippen MR) is 164 cm³/mol. The summed E-state index contributed by atoms with van der Waals surface area (Å²) in [5.41, 5.74) is 6.39. The number of primary amides is 1. The Bertz CT molecular complexity index is 1590. The van der Waals surface area contributed by atoms with Crippen LogP contribution in [0.4, 0.5) is 0 Å². The van der Waals surface area contributed by atoms with Gasteiger partial charge in [0.1, 0.15) is 11.6 Å². The molecular formula is C32H38N6O4S. The van der Waals surface area contributed by atoms with Gasteiger partial charge in [-0.1, -0.05) is 38.1 Å². The number of allylic oxidation sites excluding steroid dienone is 1. The Balaban J connectivity index is 1.30. The molecule has 3 heterocycles. The Morgan fingerprint density at radius 1 is 1.14 bits per heavy atom. The number of carbonyl (C=O) groups is 3. The van der Waals surface area contributed by atoms with E-state index in [0.717, 1.165) is 35.9 Å². The zero-order chi connectivity index (χ0) is 30.3. The van der Waals surface area contributed by atoms with Gasteiger partial charge in [0, 0.05) is 24.9 Å². The Morgan fingerprint density at radius 2 is 1.93 bits per heavy atom. The van der Waals surface area contributed by atoms with E-state index in [1.54, 1.807) is 11.9 Å². The van der Waals surface area contributed by atoms with E-state index in [-0.39, 0.29) is 23.7 Å². The molecule has 10 nitrogen and oxygen atoms in total. The molecule has 6 rings (SSSR count). The number of ether oxygens (including phenoxy) is 1. The summed E-state index contributed by atoms with van der Waals surface area (Å²) in [6, 6.07) is 7.63. The largest absolute Gasteiger partial charge is 0.474 e. The molecule has 0 bridgehead atoms. The van der Waals surface area contributed by atoms with Crippen molar-refractivity contribution < 1.29 is 19.1 Å². The lowest BCUT2D eigenvalue weighted by Gasteiger charge is -2.26. The normalized spacial score (nSPS) is 27.9. The summed E-state index contributed by atoms with van der Waals surface area (Å²) in [4.78, 5) is 56.0. The molecule has 5 unspecified atom stereocenters. The minimum Gasteiger partial charge on any atom is -0.474 e. The summed E-state index contributed by atoms with van der Waals surface area (Å²) >= 11 is 1.49. The average Bonchev–Trinajstić information content (AvgIpc) is 3.30. The maximum Gasteiger partial charge on any atom is 0.243 e. The third kappa shape index (κ3) is 5.74. The van der Waals surface area contributed by atoms with E-state index in [4.69, 9.17) is 25.4 Å². The lowest BCUT2D eigenvalue weighted by molar-refractivity contribution is -0.140. The van der Waals surface area contributed by atoms with Crippen molar-refractivity contribution in [2.75, 3.05) is 13.6 Å². The van der Waals surface area contributed by atoms with Crippen molar-refractivity contribution in [2.24, 2.45) is 23.5 Å². The van der Waals surface area contributed by atoms with Crippen molar-refractivity contribution >= 4 is 40.0 Å². The van der Waals surface area contributed by atoms with Gasteiger partial charge in [0.2, 0.25) is 23.6 Å². The quantitative estimate of drug-likeness (QED) is 0.417. The number of aromatic nitrogens is 3. The molecule has 3 aliphatic rings. The van der Waals surface area contributed by atoms with Crippen molar-refractivity contribution in [3.63, 3.8) is 0 Å². The molecule has 2 aliphatic carbocycles. The first-order chi connectivity index (χ1) is 20.7. The first-order valence-corrected chi connectivity index (χ1v) is 16.0. The van der Waals surface area contributed by atoms with Crippen LogP contribution < -0.4 is 15.8 Å². The number of carbonyl (C=O) groups excluding carboxylic acids is 3. The fraction of sp³-hybridized carbons (Fsp3) is 0.500. The standard InChI is InChI=1S/C32H38N6O4S/c1-18(2)25-17-43-29(35-25)26-34-24-12-8-7-11-21(24)28(36-26)42-20-14-22-23(15-20)30(40)38(3)13-9-5-4-6-10-19-16-32(19,31(33)41)37-27(22)39/h6-8,10-12,17-20,22-23H,4-5,9,13-16H2,1-3H3,(H2,33,41)(H,37,39). The molecule has 2 aromatic heterocycles. The van der Waals surface area contributed by atoms with Crippen LogP contribution in [0.3, 0.4) is 0 Å². The van der Waals surface area contributed by atoms with Crippen molar-refractivity contribution in [1.82, 2.24) is 25.2 Å². The van der Waals surface area contributed by atoms with E-state index in [1.165, 1.54) is 11.3 Å². The van der Waals surface area contributed by atoms with Crippen LogP contribution in [0.5, 0.6) is 5.88 Å². The van der Waals surface area contributed by atoms with Crippen molar-refractivity contribution in [1.29, 1.82) is 0 Å². The van der Waals surface area contributed by atoms with E-state index in [1.807, 2.05) is 41.8 Å². The summed E-state index contributed by atoms with van der Waals surface area (Å²) in [5.74, 6) is -1.18. The van der Waals surface area contributed by atoms with Crippen LogP contribution in [0, 0.1) is 17.8 Å². The fourth-order valence-corrected chi connectivity index (χ4v) is 7.19. The van der Waals surface area contributed by atoms with Gasteiger partial charge in [0.25, 0.3) is 0 Å². The summed E-state index contributed by atoms with van der Waals surface area (Å²) < 4.78 is 6.54. The SMILES string of the molecule is CC(C)c1csc(-c2nc(OC3CC4C(=O)NC5(C(N)=O)CC5C=CCCCCN(C)C(=O)C4C3)c3ccccc3n2)n1. The van der Waals surface area contributed by atoms with Crippen LogP contribution in [0.25, 0.3) is 21.7 Å². The van der Waals surface area contributed by atoms with Crippen LogP contribution in [-0.4, -0.2) is 62.8 Å². The van der Waals surface area contributed by atoms with Crippen LogP contribution in [0.2, 0.25) is 0 Å². The van der Waals surface area contributed by atoms with E-state index >= 15 is 0 Å². The number of nitrogens with one attached hydrogen (secondary N) is 1. The molecule has 226 valence electrons. The Morgan fingerprint density at radius 3 is 2.70 bits per heavy atom. The van der Waals surface area contributed by atoms with Gasteiger partial charge in [0.05, 0.1) is 28.4 Å². The second-order valence-electron chi connectivity index (χ2n) is 12.3. The summed E-state index contributed by atoms with van der Waals surface area (Å²) in [6.07, 6.45) is 7.37. The Kier molecular flexibility index (Phi) is 7.93. The number of hydrogen-bond acceptors (Lipinski definition) is 8. The third-order valence-corrected chi connectivity index (χ3v) is 9.84. The molecule has 1 aromatic carbocycles. The third-order valence-electron chi connectivity index (χ3n) is 8.98. The van der Waals surface area contributed by atoms with Gasteiger partial charge in [-0.25, -0.2) is 9.97 Å². The molecule has 43 heavy (non-hydrogen) atoms. The number of hydrogen-bond donors (Lipinski definition) is 2. The van der Waals surface area contributed by atoms with Gasteiger partial charge in [-0.05, 0) is 56.6 Å². The van der Waals surface area contributed by atoms with Crippen LogP contribution >= 0.6 is 11.3 Å². The van der Waals surface area contributed by atoms with Crippen LogP contribution in [-0.2, 0) is 14.4 Å². The highest BCUT2D eigenvalue weighted by atomic mass is 32.1. The van der Waals surface area contributed by atoms with Gasteiger partial charge in [-0.3, -0.25) is 14.4 Å². The number of fused-ring (bicyclic) bond motifs is 3. The van der Waals surface area contributed by atoms with E-state index < -0.39 is 29.4 Å². The predicted octanol–water partition coefficient (Wildman–Crippen LogP) is 4.21. The molecule has 0 spiro atoms. The molecule has 0 saturated heterocycles. The first kappa shape index (κ1) is 29.2. The lowest BCUT2D eigenvalue weighted by atomic mass is 9.93. The maximum absolute atomic E-state index is 13.8. The second-order valence-corrected chi connectivity index (χ2v) is 13.2. The average molecular weight is 603 g/mol. The number of amides is 3. The number of para-hydroxylation sites is 1. The molecule has 3 aromatic rings. The van der Waals surface area contributed by atoms with E-state index in [0.29, 0.717) is 42.5 Å². The second kappa shape index (κ2) is 11.7. The molecule has 0 radical (unpaired) electrons. The molecule has 3 N–H and O–H groups in total. The van der Waals surface area contributed by atoms with Gasteiger partial charge in [0.15, 0.2) is 10.8 Å². The van der Waals surface area contributed by atoms with Crippen molar-refractivity contribution in [3.8, 4) is 16.7 Å². The molecule has 1 aliphatic heterocycles. The van der Waals surface area contributed by atoms with Gasteiger partial charge < -0.3 is 20.7 Å². The molecule has 5 atom stereocenters. The first-order valence-electron chi connectivity index (χ1n) is 15.1. The number of rotatable bonds is 5. The van der Waals surface area contributed by atoms with Gasteiger partial charge in [-0.15, -0.1) is 11.3 Å². The molecule has 2 saturated carbocycles. The minimum absolute atomic E-state index is 0.0865. The zero-order valence-corrected chi connectivity index (χ0v) is 25.6. The molecule has 11 heteroatoms. The minimum atomic E-state index is -1.10. The van der Waals surface area contributed by atoms with Crippen LogP contribution in [0.1, 0.15) is 64.0 Å². The van der Waals surface area contributed by atoms with Crippen LogP contribution in [0.15, 0.2) is 41.8 Å². The Hall–Kier alpha value is -3.86. The van der Waals surface area contributed by atoms with Crippen molar-refractivity contribution in [2.45, 2.75) is 69.9 Å². The molecule has 3 amide bonds. The monoisotopic (exact) mass is 602 g/mol. The van der Waals surface area contributed by atoms with Crippen molar-refractivity contribution in [3.05, 3.63) is 47.5 Å². The number of nitrogens with zero attached hydrogens (tertiary/aromatic N) is 4. The number of thiazole rings is 1. The summed E-state index contributed by atoms with van der Waals surface area (Å²) in [5, 5.41) is 6.44. The highest BCUT2D eigenvalue weighted by Gasteiger charge is 2.60. The highest BCUT2D eigenvalue weighted by Crippen LogP contribution is 2.46. The number of benzene rings is 1. The highest BCUT2D eigenvalue weighted by molar-refractivity contribution is 7.13. The van der Waals surface area contributed by atoms with E-state index in [9.17, 15) is 14.4 Å². The zero-order valence-electron chi connectivity index (χ0n) is 24.8. The molecule has 2 fully saturated rings. The maximum atomic E-state index is 13.8. The smallest absolute Gasteiger partial charge is 0.243 e. The molecular weight excluding hydrogens is 564 g/mol. The Labute approximate surface area is 255 Å². The topological polar surface area (TPSA) is 140 Å². The van der Waals surface area contributed by atoms with Gasteiger partial charge >= 0.3 is 0 Å². The lowest BCUT2D eigenvalue weighted by Crippen LogP contribution is -2.51. The number of nitrogens with two attached hydrogens (primary N) is 1. The van der Waals surface area contributed by atoms with Gasteiger partial charge in [-0.2, -0.15) is 4.98 Å². The summed E-state index contributed by atoms with van der Waals surface area (Å²) in [6.45, 7) is 4.80. The fourth-order valence-electron chi connectivity index (χ4n) is 6.28. The van der Waals surface area contributed by atoms with E-state index in [2.05, 4.69) is 19.2 Å². The summed E-state index contributed by atoms with van der Waals surface area (Å²) in [7, 11) is 1.79.